The van der Waals surface area contributed by atoms with Crippen molar-refractivity contribution >= 4 is 5.91 Å². The summed E-state index contributed by atoms with van der Waals surface area (Å²) in [6, 6.07) is 3.84. The second kappa shape index (κ2) is 6.20. The Morgan fingerprint density at radius 3 is 3.06 bits per heavy atom. The predicted molar refractivity (Wildman–Crippen MR) is 63.8 cm³/mol. The van der Waals surface area contributed by atoms with Gasteiger partial charge in [-0.15, -0.1) is 0 Å². The number of pyridine rings is 1. The van der Waals surface area contributed by atoms with Crippen LogP contribution in [-0.2, 0) is 4.79 Å². The van der Waals surface area contributed by atoms with Gasteiger partial charge in [-0.05, 0) is 38.1 Å². The Labute approximate surface area is 101 Å². The van der Waals surface area contributed by atoms with Gasteiger partial charge < -0.3 is 15.4 Å². The van der Waals surface area contributed by atoms with Gasteiger partial charge in [0.1, 0.15) is 5.75 Å². The number of carbonyl (C=O) groups is 1. The second-order valence-electron chi connectivity index (χ2n) is 4.07. The van der Waals surface area contributed by atoms with Crippen LogP contribution >= 0.6 is 0 Å². The predicted octanol–water partition coefficient (Wildman–Crippen LogP) is 0.329. The van der Waals surface area contributed by atoms with Gasteiger partial charge in [0.15, 0.2) is 6.61 Å². The number of ether oxygens (including phenoxy) is 1. The molecule has 92 valence electrons. The van der Waals surface area contributed by atoms with Gasteiger partial charge in [0.25, 0.3) is 5.91 Å². The standard InChI is InChI=1S/C12H17N3O2/c16-12(15-10-3-6-13-7-4-10)9-17-11-2-1-5-14-8-11/h1-2,5,8,10,13H,3-4,6-7,9H2,(H,15,16). The fraction of sp³-hybridized carbons (Fsp3) is 0.500. The Bertz CT molecular complexity index is 350. The normalized spacial score (nSPS) is 16.5. The van der Waals surface area contributed by atoms with Crippen molar-refractivity contribution in [2.45, 2.75) is 18.9 Å². The molecule has 1 aromatic heterocycles. The van der Waals surface area contributed by atoms with E-state index >= 15 is 0 Å². The van der Waals surface area contributed by atoms with Crippen molar-refractivity contribution in [2.24, 2.45) is 0 Å². The first-order chi connectivity index (χ1) is 8.34. The molecule has 0 unspecified atom stereocenters. The third-order valence-electron chi connectivity index (χ3n) is 2.71. The van der Waals surface area contributed by atoms with E-state index in [1.54, 1.807) is 24.5 Å². The molecule has 0 aliphatic carbocycles. The molecular formula is C12H17N3O2. The average molecular weight is 235 g/mol. The molecule has 5 heteroatoms. The topological polar surface area (TPSA) is 63.2 Å². The molecule has 2 N–H and O–H groups in total. The number of hydrogen-bond acceptors (Lipinski definition) is 4. The molecule has 0 atom stereocenters. The smallest absolute Gasteiger partial charge is 0.258 e. The third kappa shape index (κ3) is 4.03. The summed E-state index contributed by atoms with van der Waals surface area (Å²) in [4.78, 5) is 15.5. The van der Waals surface area contributed by atoms with Gasteiger partial charge in [-0.3, -0.25) is 9.78 Å². The highest BCUT2D eigenvalue weighted by molar-refractivity contribution is 5.77. The molecule has 0 saturated carbocycles. The lowest BCUT2D eigenvalue weighted by atomic mass is 10.1. The van der Waals surface area contributed by atoms with Crippen LogP contribution in [0.1, 0.15) is 12.8 Å². The van der Waals surface area contributed by atoms with Crippen molar-refractivity contribution < 1.29 is 9.53 Å². The molecule has 5 nitrogen and oxygen atoms in total. The molecule has 1 aromatic rings. The number of rotatable bonds is 4. The molecule has 0 bridgehead atoms. The Morgan fingerprint density at radius 2 is 2.35 bits per heavy atom. The minimum atomic E-state index is -0.0687. The maximum absolute atomic E-state index is 11.6. The molecule has 1 aliphatic rings. The monoisotopic (exact) mass is 235 g/mol. The zero-order valence-corrected chi connectivity index (χ0v) is 9.69. The molecule has 1 aliphatic heterocycles. The maximum Gasteiger partial charge on any atom is 0.258 e. The van der Waals surface area contributed by atoms with Gasteiger partial charge in [-0.25, -0.2) is 0 Å². The van der Waals surface area contributed by atoms with Crippen LogP contribution < -0.4 is 15.4 Å². The lowest BCUT2D eigenvalue weighted by molar-refractivity contribution is -0.123. The van der Waals surface area contributed by atoms with Crippen LogP contribution in [-0.4, -0.2) is 36.6 Å². The van der Waals surface area contributed by atoms with E-state index in [9.17, 15) is 4.79 Å². The van der Waals surface area contributed by atoms with Crippen molar-refractivity contribution in [1.29, 1.82) is 0 Å². The van der Waals surface area contributed by atoms with Gasteiger partial charge in [-0.1, -0.05) is 0 Å². The number of hydrogen-bond donors (Lipinski definition) is 2. The Kier molecular flexibility index (Phi) is 4.32. The molecule has 1 fully saturated rings. The number of piperidine rings is 1. The van der Waals surface area contributed by atoms with E-state index in [1.165, 1.54) is 0 Å². The number of aromatic nitrogens is 1. The van der Waals surface area contributed by atoms with Gasteiger partial charge in [0, 0.05) is 12.2 Å². The van der Waals surface area contributed by atoms with E-state index in [1.807, 2.05) is 0 Å². The molecule has 0 radical (unpaired) electrons. The highest BCUT2D eigenvalue weighted by Crippen LogP contribution is 2.06. The number of carbonyl (C=O) groups excluding carboxylic acids is 1. The van der Waals surface area contributed by atoms with Gasteiger partial charge in [0.2, 0.25) is 0 Å². The summed E-state index contributed by atoms with van der Waals surface area (Å²) in [5, 5.41) is 6.22. The quantitative estimate of drug-likeness (QED) is 0.789. The largest absolute Gasteiger partial charge is 0.482 e. The Balaban J connectivity index is 1.70. The molecule has 17 heavy (non-hydrogen) atoms. The summed E-state index contributed by atoms with van der Waals surface area (Å²) in [6.45, 7) is 1.98. The lowest BCUT2D eigenvalue weighted by Gasteiger charge is -2.23. The first-order valence-electron chi connectivity index (χ1n) is 5.87. The fourth-order valence-corrected chi connectivity index (χ4v) is 1.82. The molecule has 0 spiro atoms. The Hall–Kier alpha value is -1.62. The van der Waals surface area contributed by atoms with Crippen molar-refractivity contribution in [2.75, 3.05) is 19.7 Å². The highest BCUT2D eigenvalue weighted by atomic mass is 16.5. The fourth-order valence-electron chi connectivity index (χ4n) is 1.82. The summed E-state index contributed by atoms with van der Waals surface area (Å²) in [6.07, 6.45) is 5.23. The van der Waals surface area contributed by atoms with Crippen molar-refractivity contribution in [3.63, 3.8) is 0 Å². The van der Waals surface area contributed by atoms with Gasteiger partial charge >= 0.3 is 0 Å². The molecule has 1 saturated heterocycles. The minimum Gasteiger partial charge on any atom is -0.482 e. The number of nitrogens with zero attached hydrogens (tertiary/aromatic N) is 1. The molecule has 2 heterocycles. The summed E-state index contributed by atoms with van der Waals surface area (Å²) >= 11 is 0. The van der Waals surface area contributed by atoms with E-state index < -0.39 is 0 Å². The number of nitrogens with one attached hydrogen (secondary N) is 2. The summed E-state index contributed by atoms with van der Waals surface area (Å²) in [5.41, 5.74) is 0. The number of amides is 1. The van der Waals surface area contributed by atoms with Crippen molar-refractivity contribution in [3.8, 4) is 5.75 Å². The molecule has 1 amide bonds. The van der Waals surface area contributed by atoms with E-state index in [2.05, 4.69) is 15.6 Å². The van der Waals surface area contributed by atoms with Crippen LogP contribution in [0.3, 0.4) is 0 Å². The first-order valence-corrected chi connectivity index (χ1v) is 5.87. The molecule has 2 rings (SSSR count). The van der Waals surface area contributed by atoms with Crippen LogP contribution in [0.15, 0.2) is 24.5 Å². The maximum atomic E-state index is 11.6. The average Bonchev–Trinajstić information content (AvgIpc) is 2.39. The van der Waals surface area contributed by atoms with Crippen molar-refractivity contribution in [1.82, 2.24) is 15.6 Å². The van der Waals surface area contributed by atoms with E-state index in [0.29, 0.717) is 5.75 Å². The van der Waals surface area contributed by atoms with E-state index in [4.69, 9.17) is 4.74 Å². The van der Waals surface area contributed by atoms with Crippen LogP contribution in [0.2, 0.25) is 0 Å². The van der Waals surface area contributed by atoms with E-state index in [0.717, 1.165) is 25.9 Å². The Morgan fingerprint density at radius 1 is 1.53 bits per heavy atom. The van der Waals surface area contributed by atoms with Gasteiger partial charge in [-0.2, -0.15) is 0 Å². The first kappa shape index (κ1) is 11.9. The summed E-state index contributed by atoms with van der Waals surface area (Å²) in [7, 11) is 0. The van der Waals surface area contributed by atoms with E-state index in [-0.39, 0.29) is 18.6 Å². The SMILES string of the molecule is O=C(COc1cccnc1)NC1CCNCC1. The van der Waals surface area contributed by atoms with Gasteiger partial charge in [0.05, 0.1) is 6.20 Å². The minimum absolute atomic E-state index is 0.0512. The molecular weight excluding hydrogens is 218 g/mol. The summed E-state index contributed by atoms with van der Waals surface area (Å²) in [5.74, 6) is 0.550. The highest BCUT2D eigenvalue weighted by Gasteiger charge is 2.15. The van der Waals surface area contributed by atoms with Crippen LogP contribution in [0.4, 0.5) is 0 Å². The van der Waals surface area contributed by atoms with Crippen molar-refractivity contribution in [3.05, 3.63) is 24.5 Å². The zero-order valence-electron chi connectivity index (χ0n) is 9.69. The zero-order chi connectivity index (χ0) is 11.9. The summed E-state index contributed by atoms with van der Waals surface area (Å²) < 4.78 is 5.32. The molecule has 0 aromatic carbocycles. The second-order valence-corrected chi connectivity index (χ2v) is 4.07. The van der Waals surface area contributed by atoms with Crippen LogP contribution in [0.25, 0.3) is 0 Å². The van der Waals surface area contributed by atoms with Crippen LogP contribution in [0, 0.1) is 0 Å². The third-order valence-corrected chi connectivity index (χ3v) is 2.71. The van der Waals surface area contributed by atoms with Crippen LogP contribution in [0.5, 0.6) is 5.75 Å². The lowest BCUT2D eigenvalue weighted by Crippen LogP contribution is -2.44.